The Hall–Kier alpha value is -3.84. The van der Waals surface area contributed by atoms with Gasteiger partial charge >= 0.3 is 0 Å². The van der Waals surface area contributed by atoms with E-state index in [9.17, 15) is 0 Å². The average Bonchev–Trinajstić information content (AvgIpc) is 3.06. The van der Waals surface area contributed by atoms with Crippen molar-refractivity contribution in [3.63, 3.8) is 0 Å². The van der Waals surface area contributed by atoms with E-state index >= 15 is 0 Å². The summed E-state index contributed by atoms with van der Waals surface area (Å²) in [5.41, 5.74) is 9.01. The molecule has 0 spiro atoms. The van der Waals surface area contributed by atoms with Crippen molar-refractivity contribution in [2.24, 2.45) is 0 Å². The predicted molar refractivity (Wildman–Crippen MR) is 123 cm³/mol. The minimum atomic E-state index is 1.26. The Morgan fingerprint density at radius 3 is 1.93 bits per heavy atom. The standard InChI is InChI=1S/C28H17N/c1-2-9-19-17-27-25(16-18(19)8-1)21-11-4-3-10-20(21)23-13-7-14-24-22-12-5-6-15-26(22)29(27)28(23)24/h1-17H. The van der Waals surface area contributed by atoms with Crippen molar-refractivity contribution in [3.05, 3.63) is 103 Å². The van der Waals surface area contributed by atoms with Crippen LogP contribution >= 0.6 is 0 Å². The average molecular weight is 367 g/mol. The van der Waals surface area contributed by atoms with Gasteiger partial charge in [0.05, 0.1) is 16.7 Å². The maximum atomic E-state index is 2.47. The van der Waals surface area contributed by atoms with E-state index in [2.05, 4.69) is 108 Å². The Bertz CT molecular complexity index is 1600. The fourth-order valence-corrected chi connectivity index (χ4v) is 5.07. The lowest BCUT2D eigenvalue weighted by Gasteiger charge is -2.14. The summed E-state index contributed by atoms with van der Waals surface area (Å²) in [6, 6.07) is 37.7. The Kier molecular flexibility index (Phi) is 2.80. The molecule has 6 aromatic rings. The fourth-order valence-electron chi connectivity index (χ4n) is 5.07. The van der Waals surface area contributed by atoms with Crippen LogP contribution in [-0.2, 0) is 0 Å². The molecule has 0 N–H and O–H groups in total. The summed E-state index contributed by atoms with van der Waals surface area (Å²) in [6.45, 7) is 0. The molecule has 0 unspecified atom stereocenters. The van der Waals surface area contributed by atoms with Crippen LogP contribution in [0.25, 0.3) is 60.5 Å². The molecule has 0 atom stereocenters. The van der Waals surface area contributed by atoms with Crippen molar-refractivity contribution in [2.45, 2.75) is 0 Å². The molecule has 0 fully saturated rings. The molecular formula is C28H17N. The van der Waals surface area contributed by atoms with Crippen molar-refractivity contribution in [1.82, 2.24) is 4.57 Å². The van der Waals surface area contributed by atoms with Crippen LogP contribution < -0.4 is 0 Å². The summed E-state index contributed by atoms with van der Waals surface area (Å²) in [4.78, 5) is 0. The highest BCUT2D eigenvalue weighted by Gasteiger charge is 2.24. The second-order valence-electron chi connectivity index (χ2n) is 7.82. The lowest BCUT2D eigenvalue weighted by Crippen LogP contribution is -1.96. The SMILES string of the molecule is c1ccc2c(c1)-c1cc3ccccc3cc1-n1c3ccccc3c3cccc-2c31. The van der Waals surface area contributed by atoms with Gasteiger partial charge in [0.2, 0.25) is 0 Å². The van der Waals surface area contributed by atoms with Gasteiger partial charge in [-0.15, -0.1) is 0 Å². The van der Waals surface area contributed by atoms with Crippen molar-refractivity contribution >= 4 is 32.6 Å². The van der Waals surface area contributed by atoms with E-state index in [4.69, 9.17) is 0 Å². The third kappa shape index (κ3) is 1.89. The highest BCUT2D eigenvalue weighted by Crippen LogP contribution is 2.47. The topological polar surface area (TPSA) is 4.93 Å². The first-order valence-corrected chi connectivity index (χ1v) is 10.1. The predicted octanol–water partition coefficient (Wildman–Crippen LogP) is 7.58. The smallest absolute Gasteiger partial charge is 0.0619 e. The van der Waals surface area contributed by atoms with Gasteiger partial charge in [-0.1, -0.05) is 84.9 Å². The van der Waals surface area contributed by atoms with Gasteiger partial charge < -0.3 is 4.57 Å². The maximum absolute atomic E-state index is 2.47. The number of fused-ring (bicyclic) bond motifs is 9. The van der Waals surface area contributed by atoms with Gasteiger partial charge in [-0.25, -0.2) is 0 Å². The summed E-state index contributed by atoms with van der Waals surface area (Å²) in [7, 11) is 0. The molecule has 5 aromatic carbocycles. The summed E-state index contributed by atoms with van der Waals surface area (Å²) in [6.07, 6.45) is 0. The molecule has 0 aliphatic carbocycles. The number of para-hydroxylation sites is 2. The number of nitrogens with zero attached hydrogens (tertiary/aromatic N) is 1. The van der Waals surface area contributed by atoms with Gasteiger partial charge in [0.1, 0.15) is 0 Å². The second kappa shape index (κ2) is 5.36. The Labute approximate surface area is 168 Å². The zero-order chi connectivity index (χ0) is 18.9. The second-order valence-corrected chi connectivity index (χ2v) is 7.82. The van der Waals surface area contributed by atoms with Crippen LogP contribution in [0.1, 0.15) is 0 Å². The van der Waals surface area contributed by atoms with Gasteiger partial charge in [-0.3, -0.25) is 0 Å². The first-order chi connectivity index (χ1) is 14.4. The van der Waals surface area contributed by atoms with Crippen LogP contribution in [0.5, 0.6) is 0 Å². The van der Waals surface area contributed by atoms with Crippen LogP contribution in [0.2, 0.25) is 0 Å². The van der Waals surface area contributed by atoms with E-state index < -0.39 is 0 Å². The quantitative estimate of drug-likeness (QED) is 0.260. The highest BCUT2D eigenvalue weighted by molar-refractivity contribution is 6.16. The Balaban J connectivity index is 1.82. The Morgan fingerprint density at radius 1 is 0.448 bits per heavy atom. The zero-order valence-electron chi connectivity index (χ0n) is 15.8. The van der Waals surface area contributed by atoms with E-state index in [1.54, 1.807) is 0 Å². The van der Waals surface area contributed by atoms with Crippen molar-refractivity contribution in [3.8, 4) is 27.9 Å². The summed E-state index contributed by atoms with van der Waals surface area (Å²) in [5, 5.41) is 5.17. The van der Waals surface area contributed by atoms with Gasteiger partial charge in [-0.2, -0.15) is 0 Å². The molecule has 29 heavy (non-hydrogen) atoms. The van der Waals surface area contributed by atoms with Crippen LogP contribution in [0.15, 0.2) is 103 Å². The van der Waals surface area contributed by atoms with Gasteiger partial charge in [-0.05, 0) is 40.1 Å². The van der Waals surface area contributed by atoms with Crippen molar-refractivity contribution < 1.29 is 0 Å². The fraction of sp³-hybridized carbons (Fsp3) is 0. The van der Waals surface area contributed by atoms with Crippen LogP contribution in [0.3, 0.4) is 0 Å². The minimum absolute atomic E-state index is 1.26. The summed E-state index contributed by atoms with van der Waals surface area (Å²) >= 11 is 0. The largest absolute Gasteiger partial charge is 0.308 e. The molecule has 1 aromatic heterocycles. The lowest BCUT2D eigenvalue weighted by molar-refractivity contribution is 1.19. The summed E-state index contributed by atoms with van der Waals surface area (Å²) < 4.78 is 2.47. The van der Waals surface area contributed by atoms with Crippen LogP contribution in [0.4, 0.5) is 0 Å². The van der Waals surface area contributed by atoms with E-state index in [-0.39, 0.29) is 0 Å². The van der Waals surface area contributed by atoms with Crippen LogP contribution in [0, 0.1) is 0 Å². The zero-order valence-corrected chi connectivity index (χ0v) is 15.8. The van der Waals surface area contributed by atoms with E-state index in [0.717, 1.165) is 0 Å². The van der Waals surface area contributed by atoms with Crippen molar-refractivity contribution in [1.29, 1.82) is 0 Å². The molecule has 1 nitrogen and oxygen atoms in total. The summed E-state index contributed by atoms with van der Waals surface area (Å²) in [5.74, 6) is 0. The molecule has 1 heteroatoms. The number of aromatic nitrogens is 1. The number of hydrogen-bond donors (Lipinski definition) is 0. The molecule has 0 bridgehead atoms. The monoisotopic (exact) mass is 367 g/mol. The molecule has 1 aliphatic heterocycles. The van der Waals surface area contributed by atoms with E-state index in [0.29, 0.717) is 0 Å². The molecule has 2 heterocycles. The lowest BCUT2D eigenvalue weighted by atomic mass is 9.92. The van der Waals surface area contributed by atoms with Gasteiger partial charge in [0, 0.05) is 21.9 Å². The van der Waals surface area contributed by atoms with E-state index in [1.807, 2.05) is 0 Å². The highest BCUT2D eigenvalue weighted by atomic mass is 15.0. The van der Waals surface area contributed by atoms with Gasteiger partial charge in [0.25, 0.3) is 0 Å². The number of benzene rings is 5. The molecule has 0 radical (unpaired) electrons. The van der Waals surface area contributed by atoms with Crippen molar-refractivity contribution in [2.75, 3.05) is 0 Å². The molecule has 0 saturated heterocycles. The third-order valence-corrected chi connectivity index (χ3v) is 6.31. The normalized spacial score (nSPS) is 12.1. The molecular weight excluding hydrogens is 350 g/mol. The molecule has 0 amide bonds. The maximum Gasteiger partial charge on any atom is 0.0619 e. The van der Waals surface area contributed by atoms with Gasteiger partial charge in [0.15, 0.2) is 0 Å². The number of rotatable bonds is 0. The van der Waals surface area contributed by atoms with E-state index in [1.165, 1.54) is 60.5 Å². The first-order valence-electron chi connectivity index (χ1n) is 10.1. The van der Waals surface area contributed by atoms with Crippen LogP contribution in [-0.4, -0.2) is 4.57 Å². The molecule has 1 aliphatic rings. The molecule has 0 saturated carbocycles. The Morgan fingerprint density at radius 2 is 1.07 bits per heavy atom. The molecule has 134 valence electrons. The number of hydrogen-bond acceptors (Lipinski definition) is 0. The minimum Gasteiger partial charge on any atom is -0.308 e. The third-order valence-electron chi connectivity index (χ3n) is 6.31. The first kappa shape index (κ1) is 15.1. The molecule has 7 rings (SSSR count).